The first kappa shape index (κ1) is 8.53. The van der Waals surface area contributed by atoms with Crippen molar-refractivity contribution in [1.82, 2.24) is 4.57 Å². The van der Waals surface area contributed by atoms with E-state index in [-0.39, 0.29) is 5.78 Å². The number of carbonyl (C=O) groups excluding carboxylic acids is 1. The van der Waals surface area contributed by atoms with Gasteiger partial charge in [0.15, 0.2) is 5.78 Å². The van der Waals surface area contributed by atoms with Gasteiger partial charge in [-0.3, -0.25) is 4.79 Å². The van der Waals surface area contributed by atoms with Crippen molar-refractivity contribution in [3.8, 4) is 5.88 Å². The molecule has 3 nitrogen and oxygen atoms in total. The van der Waals surface area contributed by atoms with E-state index in [1.165, 1.54) is 0 Å². The minimum Gasteiger partial charge on any atom is -0.476 e. The number of hydrogen-bond acceptors (Lipinski definition) is 2. The fraction of sp³-hybridized carbons (Fsp3) is 0.250. The Kier molecular flexibility index (Phi) is 1.63. The molecular formula is C12H11NO2. The minimum atomic E-state index is 0.0712. The number of carbonyl (C=O) groups is 1. The molecule has 1 aromatic carbocycles. The monoisotopic (exact) mass is 201 g/mol. The summed E-state index contributed by atoms with van der Waals surface area (Å²) < 4.78 is 7.59. The molecule has 0 aliphatic carbocycles. The molecule has 76 valence electrons. The van der Waals surface area contributed by atoms with E-state index in [1.54, 1.807) is 6.92 Å². The highest BCUT2D eigenvalue weighted by molar-refractivity contribution is 6.09. The maximum absolute atomic E-state index is 11.6. The minimum absolute atomic E-state index is 0.0712. The summed E-state index contributed by atoms with van der Waals surface area (Å²) >= 11 is 0. The summed E-state index contributed by atoms with van der Waals surface area (Å²) in [5, 5.41) is 1.000. The molecule has 1 aromatic heterocycles. The van der Waals surface area contributed by atoms with Crippen LogP contribution >= 0.6 is 0 Å². The lowest BCUT2D eigenvalue weighted by atomic mass is 10.1. The van der Waals surface area contributed by atoms with Crippen LogP contribution in [0.4, 0.5) is 0 Å². The average molecular weight is 201 g/mol. The topological polar surface area (TPSA) is 31.2 Å². The Labute approximate surface area is 87.3 Å². The number of para-hydroxylation sites is 1. The standard InChI is InChI=1S/C12H11NO2/c1-8(14)11-9-4-2-3-5-10(9)13-6-7-15-12(11)13/h2-5H,6-7H2,1H3. The second-order valence-corrected chi connectivity index (χ2v) is 3.75. The van der Waals surface area contributed by atoms with Gasteiger partial charge in [0.05, 0.1) is 17.6 Å². The molecule has 0 unspecified atom stereocenters. The Bertz CT molecular complexity index is 554. The van der Waals surface area contributed by atoms with Gasteiger partial charge in [-0.2, -0.15) is 0 Å². The van der Waals surface area contributed by atoms with Crippen molar-refractivity contribution in [2.75, 3.05) is 6.61 Å². The van der Waals surface area contributed by atoms with Gasteiger partial charge in [0.25, 0.3) is 0 Å². The third kappa shape index (κ3) is 1.03. The summed E-state index contributed by atoms with van der Waals surface area (Å²) in [5.74, 6) is 0.811. The Hall–Kier alpha value is -1.77. The van der Waals surface area contributed by atoms with E-state index in [4.69, 9.17) is 4.74 Å². The lowest BCUT2D eigenvalue weighted by Crippen LogP contribution is -1.96. The van der Waals surface area contributed by atoms with Crippen molar-refractivity contribution in [1.29, 1.82) is 0 Å². The first-order chi connectivity index (χ1) is 7.29. The zero-order chi connectivity index (χ0) is 10.4. The highest BCUT2D eigenvalue weighted by Crippen LogP contribution is 2.34. The van der Waals surface area contributed by atoms with E-state index in [2.05, 4.69) is 4.57 Å². The molecule has 0 radical (unpaired) electrons. The second kappa shape index (κ2) is 2.86. The van der Waals surface area contributed by atoms with Crippen LogP contribution in [0.3, 0.4) is 0 Å². The van der Waals surface area contributed by atoms with Crippen LogP contribution in [0.5, 0.6) is 5.88 Å². The normalized spacial score (nSPS) is 13.9. The molecule has 1 aliphatic heterocycles. The quantitative estimate of drug-likeness (QED) is 0.662. The summed E-state index contributed by atoms with van der Waals surface area (Å²) in [6, 6.07) is 7.93. The lowest BCUT2D eigenvalue weighted by Gasteiger charge is -1.97. The third-order valence-electron chi connectivity index (χ3n) is 2.83. The Balaban J connectivity index is 2.46. The van der Waals surface area contributed by atoms with Gasteiger partial charge in [-0.15, -0.1) is 0 Å². The number of rotatable bonds is 1. The Morgan fingerprint density at radius 3 is 3.00 bits per heavy atom. The van der Waals surface area contributed by atoms with E-state index in [0.717, 1.165) is 28.9 Å². The first-order valence-electron chi connectivity index (χ1n) is 5.04. The fourth-order valence-corrected chi connectivity index (χ4v) is 2.23. The zero-order valence-corrected chi connectivity index (χ0v) is 8.49. The van der Waals surface area contributed by atoms with Crippen LogP contribution in [0.1, 0.15) is 17.3 Å². The third-order valence-corrected chi connectivity index (χ3v) is 2.83. The molecule has 0 atom stereocenters. The van der Waals surface area contributed by atoms with E-state index >= 15 is 0 Å². The van der Waals surface area contributed by atoms with Crippen molar-refractivity contribution in [3.63, 3.8) is 0 Å². The molecule has 0 spiro atoms. The molecule has 2 heterocycles. The maximum atomic E-state index is 11.6. The van der Waals surface area contributed by atoms with Crippen LogP contribution in [0.25, 0.3) is 10.9 Å². The summed E-state index contributed by atoms with van der Waals surface area (Å²) in [4.78, 5) is 11.6. The summed E-state index contributed by atoms with van der Waals surface area (Å²) in [6.07, 6.45) is 0. The highest BCUT2D eigenvalue weighted by atomic mass is 16.5. The van der Waals surface area contributed by atoms with Gasteiger partial charge in [0.1, 0.15) is 6.61 Å². The van der Waals surface area contributed by atoms with E-state index < -0.39 is 0 Å². The lowest BCUT2D eigenvalue weighted by molar-refractivity contribution is 0.101. The number of aromatic nitrogens is 1. The van der Waals surface area contributed by atoms with Crippen molar-refractivity contribution in [2.45, 2.75) is 13.5 Å². The number of hydrogen-bond donors (Lipinski definition) is 0. The van der Waals surface area contributed by atoms with Gasteiger partial charge >= 0.3 is 0 Å². The molecule has 15 heavy (non-hydrogen) atoms. The summed E-state index contributed by atoms with van der Waals surface area (Å²) in [5.41, 5.74) is 1.82. The van der Waals surface area contributed by atoms with Crippen LogP contribution in [-0.4, -0.2) is 17.0 Å². The predicted molar refractivity (Wildman–Crippen MR) is 57.4 cm³/mol. The highest BCUT2D eigenvalue weighted by Gasteiger charge is 2.24. The molecule has 0 saturated heterocycles. The molecule has 3 rings (SSSR count). The summed E-state index contributed by atoms with van der Waals surface area (Å²) in [7, 11) is 0. The number of nitrogens with zero attached hydrogens (tertiary/aromatic N) is 1. The number of Topliss-reactive ketones (excluding diaryl/α,β-unsaturated/α-hetero) is 1. The largest absolute Gasteiger partial charge is 0.476 e. The van der Waals surface area contributed by atoms with E-state index in [0.29, 0.717) is 6.61 Å². The number of ketones is 1. The van der Waals surface area contributed by atoms with Crippen molar-refractivity contribution >= 4 is 16.7 Å². The van der Waals surface area contributed by atoms with Crippen molar-refractivity contribution < 1.29 is 9.53 Å². The van der Waals surface area contributed by atoms with E-state index in [1.807, 2.05) is 24.3 Å². The molecule has 0 fully saturated rings. The molecule has 0 N–H and O–H groups in total. The van der Waals surface area contributed by atoms with Crippen LogP contribution in [0, 0.1) is 0 Å². The SMILES string of the molecule is CC(=O)c1c2n(c3ccccc13)CCO2. The average Bonchev–Trinajstić information content (AvgIpc) is 2.75. The van der Waals surface area contributed by atoms with Crippen LogP contribution in [0.15, 0.2) is 24.3 Å². The number of benzene rings is 1. The molecule has 3 heteroatoms. The summed E-state index contributed by atoms with van der Waals surface area (Å²) in [6.45, 7) is 3.09. The van der Waals surface area contributed by atoms with Gasteiger partial charge in [-0.05, 0) is 13.0 Å². The van der Waals surface area contributed by atoms with Crippen LogP contribution in [0.2, 0.25) is 0 Å². The number of ether oxygens (including phenoxy) is 1. The van der Waals surface area contributed by atoms with Gasteiger partial charge in [0, 0.05) is 5.39 Å². The molecule has 0 saturated carbocycles. The van der Waals surface area contributed by atoms with Crippen molar-refractivity contribution in [3.05, 3.63) is 29.8 Å². The van der Waals surface area contributed by atoms with E-state index in [9.17, 15) is 4.79 Å². The second-order valence-electron chi connectivity index (χ2n) is 3.75. The van der Waals surface area contributed by atoms with Gasteiger partial charge in [-0.1, -0.05) is 18.2 Å². The zero-order valence-electron chi connectivity index (χ0n) is 8.49. The Morgan fingerprint density at radius 2 is 2.20 bits per heavy atom. The molecule has 1 aliphatic rings. The molecular weight excluding hydrogens is 190 g/mol. The first-order valence-corrected chi connectivity index (χ1v) is 5.04. The van der Waals surface area contributed by atoms with Gasteiger partial charge < -0.3 is 9.30 Å². The van der Waals surface area contributed by atoms with Crippen molar-refractivity contribution in [2.24, 2.45) is 0 Å². The number of fused-ring (bicyclic) bond motifs is 3. The van der Waals surface area contributed by atoms with Gasteiger partial charge in [-0.25, -0.2) is 0 Å². The molecule has 0 bridgehead atoms. The predicted octanol–water partition coefficient (Wildman–Crippen LogP) is 2.24. The van der Waals surface area contributed by atoms with Gasteiger partial charge in [0.2, 0.25) is 5.88 Å². The molecule has 2 aromatic rings. The van der Waals surface area contributed by atoms with Crippen LogP contribution in [-0.2, 0) is 6.54 Å². The molecule has 0 amide bonds. The fourth-order valence-electron chi connectivity index (χ4n) is 2.23. The Morgan fingerprint density at radius 1 is 1.40 bits per heavy atom. The smallest absolute Gasteiger partial charge is 0.205 e. The maximum Gasteiger partial charge on any atom is 0.205 e. The van der Waals surface area contributed by atoms with Crippen LogP contribution < -0.4 is 4.74 Å².